The number of aryl methyl sites for hydroxylation is 1. The molecule has 2 aromatic heterocycles. The zero-order valence-corrected chi connectivity index (χ0v) is 12.3. The molecule has 8 heteroatoms. The molecular formula is C13H14N2O5S. The van der Waals surface area contributed by atoms with E-state index < -0.39 is 21.8 Å². The van der Waals surface area contributed by atoms with Crippen molar-refractivity contribution < 1.29 is 22.7 Å². The van der Waals surface area contributed by atoms with Crippen LogP contribution in [0.15, 0.2) is 39.9 Å². The first-order chi connectivity index (χ1) is 9.82. The highest BCUT2D eigenvalue weighted by Gasteiger charge is 2.27. The molecule has 0 bridgehead atoms. The van der Waals surface area contributed by atoms with Gasteiger partial charge in [-0.25, -0.2) is 13.2 Å². The Kier molecular flexibility index (Phi) is 4.10. The maximum Gasteiger partial charge on any atom is 0.371 e. The molecule has 2 heterocycles. The van der Waals surface area contributed by atoms with Crippen molar-refractivity contribution in [3.8, 4) is 0 Å². The molecule has 0 unspecified atom stereocenters. The highest BCUT2D eigenvalue weighted by molar-refractivity contribution is 7.89. The predicted molar refractivity (Wildman–Crippen MR) is 73.3 cm³/mol. The van der Waals surface area contributed by atoms with Crippen molar-refractivity contribution in [2.24, 2.45) is 0 Å². The van der Waals surface area contributed by atoms with Gasteiger partial charge in [0.05, 0.1) is 0 Å². The summed E-state index contributed by atoms with van der Waals surface area (Å²) in [6.07, 6.45) is 3.16. The monoisotopic (exact) mass is 310 g/mol. The molecule has 112 valence electrons. The number of hydrogen-bond donors (Lipinski definition) is 1. The van der Waals surface area contributed by atoms with Crippen molar-refractivity contribution in [2.45, 2.75) is 18.4 Å². The first-order valence-electron chi connectivity index (χ1n) is 6.01. The maximum atomic E-state index is 12.4. The molecule has 0 saturated carbocycles. The van der Waals surface area contributed by atoms with Gasteiger partial charge in [0.1, 0.15) is 10.7 Å². The quantitative estimate of drug-likeness (QED) is 0.898. The van der Waals surface area contributed by atoms with Gasteiger partial charge in [0, 0.05) is 32.1 Å². The van der Waals surface area contributed by atoms with Crippen LogP contribution in [0.4, 0.5) is 0 Å². The maximum absolute atomic E-state index is 12.4. The molecular weight excluding hydrogens is 296 g/mol. The second-order valence-electron chi connectivity index (χ2n) is 4.46. The summed E-state index contributed by atoms with van der Waals surface area (Å²) in [5.74, 6) is -1.67. The van der Waals surface area contributed by atoms with Gasteiger partial charge < -0.3 is 9.52 Å². The van der Waals surface area contributed by atoms with Crippen LogP contribution < -0.4 is 0 Å². The minimum Gasteiger partial charge on any atom is -0.475 e. The third-order valence-corrected chi connectivity index (χ3v) is 4.81. The average Bonchev–Trinajstić information content (AvgIpc) is 2.83. The fourth-order valence-corrected chi connectivity index (χ4v) is 3.14. The van der Waals surface area contributed by atoms with E-state index in [9.17, 15) is 13.2 Å². The average molecular weight is 310 g/mol. The minimum atomic E-state index is -3.83. The molecule has 2 rings (SSSR count). The molecule has 0 amide bonds. The van der Waals surface area contributed by atoms with Crippen LogP contribution in [0.25, 0.3) is 0 Å². The van der Waals surface area contributed by atoms with E-state index in [1.165, 1.54) is 14.0 Å². The smallest absolute Gasteiger partial charge is 0.371 e. The van der Waals surface area contributed by atoms with E-state index in [1.54, 1.807) is 24.5 Å². The van der Waals surface area contributed by atoms with E-state index in [0.29, 0.717) is 0 Å². The standard InChI is InChI=1S/C13H14N2O5S/c1-9-12(6-11(20-9)13(16)17)21(18,19)15(2)8-10-4-3-5-14-7-10/h3-7H,8H2,1-2H3,(H,16,17). The van der Waals surface area contributed by atoms with Gasteiger partial charge in [0.2, 0.25) is 15.8 Å². The summed E-state index contributed by atoms with van der Waals surface area (Å²) in [5.41, 5.74) is 0.725. The fraction of sp³-hybridized carbons (Fsp3) is 0.231. The Bertz CT molecular complexity index is 752. The van der Waals surface area contributed by atoms with Crippen molar-refractivity contribution in [2.75, 3.05) is 7.05 Å². The Hall–Kier alpha value is -2.19. The summed E-state index contributed by atoms with van der Waals surface area (Å²) in [6.45, 7) is 1.54. The second-order valence-corrected chi connectivity index (χ2v) is 6.47. The topological polar surface area (TPSA) is 101 Å². The van der Waals surface area contributed by atoms with Crippen molar-refractivity contribution in [3.05, 3.63) is 47.7 Å². The highest BCUT2D eigenvalue weighted by atomic mass is 32.2. The highest BCUT2D eigenvalue weighted by Crippen LogP contribution is 2.24. The molecule has 0 atom stereocenters. The number of nitrogens with zero attached hydrogens (tertiary/aromatic N) is 2. The largest absolute Gasteiger partial charge is 0.475 e. The Labute approximate surface area is 121 Å². The number of aromatic carboxylic acids is 1. The Morgan fingerprint density at radius 2 is 2.19 bits per heavy atom. The van der Waals surface area contributed by atoms with Crippen molar-refractivity contribution >= 4 is 16.0 Å². The summed E-state index contributed by atoms with van der Waals surface area (Å²) >= 11 is 0. The van der Waals surface area contributed by atoms with E-state index in [4.69, 9.17) is 9.52 Å². The van der Waals surface area contributed by atoms with Gasteiger partial charge >= 0.3 is 5.97 Å². The van der Waals surface area contributed by atoms with Gasteiger partial charge in [-0.15, -0.1) is 0 Å². The van der Waals surface area contributed by atoms with Crippen molar-refractivity contribution in [1.29, 1.82) is 0 Å². The summed E-state index contributed by atoms with van der Waals surface area (Å²) in [4.78, 5) is 14.6. The van der Waals surface area contributed by atoms with Crippen LogP contribution in [0.1, 0.15) is 21.9 Å². The number of rotatable bonds is 5. The number of furan rings is 1. The lowest BCUT2D eigenvalue weighted by Gasteiger charge is -2.16. The Balaban J connectivity index is 2.31. The third-order valence-electron chi connectivity index (χ3n) is 2.90. The molecule has 0 aromatic carbocycles. The van der Waals surface area contributed by atoms with Gasteiger partial charge in [0.15, 0.2) is 0 Å². The molecule has 0 aliphatic heterocycles. The number of pyridine rings is 1. The molecule has 21 heavy (non-hydrogen) atoms. The number of carboxylic acid groups (broad SMARTS) is 1. The van der Waals surface area contributed by atoms with Crippen LogP contribution in [-0.2, 0) is 16.6 Å². The van der Waals surface area contributed by atoms with Gasteiger partial charge in [-0.05, 0) is 18.6 Å². The minimum absolute atomic E-state index is 0.0467. The van der Waals surface area contributed by atoms with Gasteiger partial charge in [-0.3, -0.25) is 4.98 Å². The van der Waals surface area contributed by atoms with E-state index >= 15 is 0 Å². The van der Waals surface area contributed by atoms with Crippen LogP contribution >= 0.6 is 0 Å². The van der Waals surface area contributed by atoms with Crippen LogP contribution in [0.2, 0.25) is 0 Å². The zero-order valence-electron chi connectivity index (χ0n) is 11.5. The summed E-state index contributed by atoms with van der Waals surface area (Å²) in [5, 5.41) is 8.85. The number of sulfonamides is 1. The number of carbonyl (C=O) groups is 1. The first-order valence-corrected chi connectivity index (χ1v) is 7.45. The van der Waals surface area contributed by atoms with E-state index in [-0.39, 0.29) is 17.2 Å². The number of hydrogen-bond acceptors (Lipinski definition) is 5. The van der Waals surface area contributed by atoms with E-state index in [2.05, 4.69) is 4.98 Å². The molecule has 0 radical (unpaired) electrons. The van der Waals surface area contributed by atoms with E-state index in [0.717, 1.165) is 15.9 Å². The van der Waals surface area contributed by atoms with Crippen LogP contribution in [0.3, 0.4) is 0 Å². The lowest BCUT2D eigenvalue weighted by atomic mass is 10.3. The number of carboxylic acids is 1. The van der Waals surface area contributed by atoms with E-state index in [1.807, 2.05) is 0 Å². The van der Waals surface area contributed by atoms with Gasteiger partial charge in [-0.1, -0.05) is 6.07 Å². The van der Waals surface area contributed by atoms with Crippen molar-refractivity contribution in [3.63, 3.8) is 0 Å². The van der Waals surface area contributed by atoms with Gasteiger partial charge in [0.25, 0.3) is 0 Å². The summed E-state index contributed by atoms with van der Waals surface area (Å²) in [7, 11) is -2.42. The normalized spacial score (nSPS) is 11.8. The van der Waals surface area contributed by atoms with Crippen LogP contribution in [0.5, 0.6) is 0 Å². The molecule has 2 aromatic rings. The molecule has 1 N–H and O–H groups in total. The second kappa shape index (κ2) is 5.66. The molecule has 0 fully saturated rings. The SMILES string of the molecule is Cc1oc(C(=O)O)cc1S(=O)(=O)N(C)Cc1cccnc1. The number of aromatic nitrogens is 1. The Morgan fingerprint density at radius 1 is 1.48 bits per heavy atom. The first kappa shape index (κ1) is 15.2. The predicted octanol–water partition coefficient (Wildman–Crippen LogP) is 1.50. The van der Waals surface area contributed by atoms with Crippen molar-refractivity contribution in [1.82, 2.24) is 9.29 Å². The molecule has 0 saturated heterocycles. The molecule has 0 spiro atoms. The summed E-state index contributed by atoms with van der Waals surface area (Å²) < 4.78 is 31.0. The lowest BCUT2D eigenvalue weighted by Crippen LogP contribution is -2.26. The third kappa shape index (κ3) is 3.11. The van der Waals surface area contributed by atoms with Crippen LogP contribution in [0, 0.1) is 6.92 Å². The van der Waals surface area contributed by atoms with Gasteiger partial charge in [-0.2, -0.15) is 4.31 Å². The molecule has 0 aliphatic carbocycles. The fourth-order valence-electron chi connectivity index (χ4n) is 1.83. The summed E-state index contributed by atoms with van der Waals surface area (Å²) in [6, 6.07) is 4.48. The zero-order chi connectivity index (χ0) is 15.6. The molecule has 0 aliphatic rings. The van der Waals surface area contributed by atoms with Crippen LogP contribution in [-0.4, -0.2) is 35.8 Å². The lowest BCUT2D eigenvalue weighted by molar-refractivity contribution is 0.0661. The molecule has 7 nitrogen and oxygen atoms in total. The Morgan fingerprint density at radius 3 is 2.71 bits per heavy atom.